The van der Waals surface area contributed by atoms with E-state index in [2.05, 4.69) is 20.2 Å². The summed E-state index contributed by atoms with van der Waals surface area (Å²) >= 11 is 0. The van der Waals surface area contributed by atoms with Gasteiger partial charge in [-0.05, 0) is 25.0 Å². The minimum Gasteiger partial charge on any atom is -0.494 e. The number of rotatable bonds is 5. The number of aromatic nitrogens is 5. The largest absolute Gasteiger partial charge is 0.494 e. The molecule has 1 aliphatic heterocycles. The van der Waals surface area contributed by atoms with Crippen molar-refractivity contribution in [2.24, 2.45) is 11.7 Å². The fourth-order valence-electron chi connectivity index (χ4n) is 4.35. The van der Waals surface area contributed by atoms with Crippen LogP contribution in [0.2, 0.25) is 0 Å². The van der Waals surface area contributed by atoms with E-state index in [9.17, 15) is 13.9 Å². The molecule has 0 spiro atoms. The lowest BCUT2D eigenvalue weighted by Gasteiger charge is -2.34. The number of anilines is 1. The highest BCUT2D eigenvalue weighted by atomic mass is 19.1. The Bertz CT molecular complexity index is 1380. The smallest absolute Gasteiger partial charge is 0.202 e. The van der Waals surface area contributed by atoms with Crippen LogP contribution >= 0.6 is 0 Å². The molecule has 1 aromatic carbocycles. The van der Waals surface area contributed by atoms with Gasteiger partial charge in [-0.1, -0.05) is 30.3 Å². The number of hydrogen-bond acceptors (Lipinski definition) is 8. The maximum atomic E-state index is 14.9. The number of piperidine rings is 1. The molecule has 1 aliphatic rings. The van der Waals surface area contributed by atoms with Gasteiger partial charge in [-0.25, -0.2) is 18.7 Å². The number of aliphatic hydroxyl groups is 1. The van der Waals surface area contributed by atoms with E-state index < -0.39 is 5.82 Å². The second-order valence-electron chi connectivity index (χ2n) is 8.38. The highest BCUT2D eigenvalue weighted by molar-refractivity contribution is 5.64. The van der Waals surface area contributed by atoms with Gasteiger partial charge < -0.3 is 20.3 Å². The summed E-state index contributed by atoms with van der Waals surface area (Å²) in [6.07, 6.45) is 4.08. The van der Waals surface area contributed by atoms with Crippen molar-refractivity contribution in [2.45, 2.75) is 26.3 Å². The highest BCUT2D eigenvalue weighted by Crippen LogP contribution is 2.34. The van der Waals surface area contributed by atoms with Gasteiger partial charge >= 0.3 is 0 Å². The van der Waals surface area contributed by atoms with Crippen molar-refractivity contribution in [1.82, 2.24) is 24.9 Å². The minimum absolute atomic E-state index is 0.000176. The molecule has 3 aromatic heterocycles. The van der Waals surface area contributed by atoms with Crippen LogP contribution in [0, 0.1) is 17.6 Å². The number of aliphatic hydroxyl groups excluding tert-OH is 1. The van der Waals surface area contributed by atoms with Crippen molar-refractivity contribution in [2.75, 3.05) is 11.4 Å². The molecule has 0 aliphatic carbocycles. The Balaban J connectivity index is 1.58. The fraction of sp³-hybridized carbons (Fsp3) is 0.250. The third-order valence-corrected chi connectivity index (χ3v) is 6.01. The predicted octanol–water partition coefficient (Wildman–Crippen LogP) is 4.24. The van der Waals surface area contributed by atoms with Gasteiger partial charge in [-0.3, -0.25) is 4.68 Å². The molecular formula is C24H23F2N7O2. The van der Waals surface area contributed by atoms with Crippen molar-refractivity contribution in [3.8, 4) is 22.9 Å². The predicted molar refractivity (Wildman–Crippen MR) is 124 cm³/mol. The first-order valence-electron chi connectivity index (χ1n) is 11.1. The highest BCUT2D eigenvalue weighted by Gasteiger charge is 2.29. The molecule has 4 heterocycles. The van der Waals surface area contributed by atoms with Crippen molar-refractivity contribution in [3.05, 3.63) is 77.6 Å². The zero-order valence-electron chi connectivity index (χ0n) is 18.9. The molecule has 0 unspecified atom stereocenters. The fourth-order valence-corrected chi connectivity index (χ4v) is 4.35. The van der Waals surface area contributed by atoms with E-state index in [1.807, 2.05) is 6.92 Å². The van der Waals surface area contributed by atoms with Gasteiger partial charge in [0.05, 0.1) is 24.1 Å². The van der Waals surface area contributed by atoms with E-state index in [1.54, 1.807) is 39.9 Å². The van der Waals surface area contributed by atoms with E-state index in [0.29, 0.717) is 34.9 Å². The van der Waals surface area contributed by atoms with Gasteiger partial charge in [0.25, 0.3) is 0 Å². The van der Waals surface area contributed by atoms with Crippen LogP contribution in [0.15, 0.2) is 65.0 Å². The number of hydrogen-bond donors (Lipinski definition) is 2. The van der Waals surface area contributed by atoms with E-state index in [4.69, 9.17) is 10.3 Å². The Hall–Kier alpha value is -4.28. The molecule has 180 valence electrons. The van der Waals surface area contributed by atoms with Crippen LogP contribution in [0.25, 0.3) is 22.9 Å². The third-order valence-electron chi connectivity index (χ3n) is 6.01. The van der Waals surface area contributed by atoms with Crippen LogP contribution in [0.4, 0.5) is 14.6 Å². The van der Waals surface area contributed by atoms with Crippen LogP contribution in [-0.4, -0.2) is 36.6 Å². The standard InChI is InChI=1S/C24H23F2N7O2/c1-14-5-4-9-32(21(14)22(27)34)24-17(26)12-28-23(29-24)19-11-20(18-8-10-35-31-18)33(30-19)13-15-6-2-3-7-16(15)25/h2-3,6-8,10-12,14,34H,4-5,9,13,27H2,1H3/b22-21-/t14-/m0/s1. The van der Waals surface area contributed by atoms with Crippen LogP contribution in [0.3, 0.4) is 0 Å². The normalized spacial score (nSPS) is 17.6. The van der Waals surface area contributed by atoms with Gasteiger partial charge in [0, 0.05) is 24.1 Å². The molecule has 0 radical (unpaired) electrons. The number of halogens is 2. The average molecular weight is 479 g/mol. The first kappa shape index (κ1) is 22.5. The number of nitrogens with zero attached hydrogens (tertiary/aromatic N) is 6. The number of benzene rings is 1. The zero-order valence-corrected chi connectivity index (χ0v) is 18.9. The molecule has 1 atom stereocenters. The Morgan fingerprint density at radius 2 is 2.03 bits per heavy atom. The van der Waals surface area contributed by atoms with E-state index >= 15 is 0 Å². The summed E-state index contributed by atoms with van der Waals surface area (Å²) in [4.78, 5) is 10.2. The summed E-state index contributed by atoms with van der Waals surface area (Å²) in [5.41, 5.74) is 7.96. The first-order valence-corrected chi connectivity index (χ1v) is 11.1. The quantitative estimate of drug-likeness (QED) is 0.408. The topological polar surface area (TPSA) is 119 Å². The second kappa shape index (κ2) is 9.16. The summed E-state index contributed by atoms with van der Waals surface area (Å²) < 4.78 is 35.8. The summed E-state index contributed by atoms with van der Waals surface area (Å²) in [5, 5.41) is 18.6. The maximum absolute atomic E-state index is 14.9. The molecule has 3 N–H and O–H groups in total. The van der Waals surface area contributed by atoms with Gasteiger partial charge in [-0.2, -0.15) is 5.10 Å². The first-order chi connectivity index (χ1) is 16.9. The van der Waals surface area contributed by atoms with Crippen LogP contribution in [-0.2, 0) is 6.54 Å². The summed E-state index contributed by atoms with van der Waals surface area (Å²) in [5.74, 6) is -1.28. The van der Waals surface area contributed by atoms with Gasteiger partial charge in [0.15, 0.2) is 17.5 Å². The number of allylic oxidation sites excluding steroid dienone is 1. The van der Waals surface area contributed by atoms with Crippen molar-refractivity contribution in [1.29, 1.82) is 0 Å². The maximum Gasteiger partial charge on any atom is 0.202 e. The van der Waals surface area contributed by atoms with Crippen LogP contribution < -0.4 is 10.6 Å². The molecule has 1 saturated heterocycles. The second-order valence-corrected chi connectivity index (χ2v) is 8.38. The van der Waals surface area contributed by atoms with Gasteiger partial charge in [0.1, 0.15) is 23.5 Å². The van der Waals surface area contributed by atoms with Crippen LogP contribution in [0.5, 0.6) is 0 Å². The average Bonchev–Trinajstić information content (AvgIpc) is 3.51. The molecule has 4 aromatic rings. The van der Waals surface area contributed by atoms with E-state index in [0.717, 1.165) is 19.0 Å². The minimum atomic E-state index is -0.649. The molecule has 1 fully saturated rings. The molecule has 0 amide bonds. The van der Waals surface area contributed by atoms with Crippen molar-refractivity contribution >= 4 is 5.82 Å². The van der Waals surface area contributed by atoms with Gasteiger partial charge in [-0.15, -0.1) is 0 Å². The SMILES string of the molecule is C[C@H]1CCCN(c2nc(-c3cc(-c4ccon4)n(Cc4ccccc4F)n3)ncc2F)/C1=C(/N)O. The zero-order chi connectivity index (χ0) is 24.5. The Labute approximate surface area is 199 Å². The number of nitrogens with two attached hydrogens (primary N) is 1. The van der Waals surface area contributed by atoms with E-state index in [-0.39, 0.29) is 35.8 Å². The van der Waals surface area contributed by atoms with Gasteiger partial charge in [0.2, 0.25) is 5.88 Å². The Morgan fingerprint density at radius 1 is 1.20 bits per heavy atom. The van der Waals surface area contributed by atoms with Crippen LogP contribution in [0.1, 0.15) is 25.3 Å². The lowest BCUT2D eigenvalue weighted by Crippen LogP contribution is -2.36. The molecule has 0 saturated carbocycles. The Morgan fingerprint density at radius 3 is 2.77 bits per heavy atom. The van der Waals surface area contributed by atoms with Crippen molar-refractivity contribution in [3.63, 3.8) is 0 Å². The summed E-state index contributed by atoms with van der Waals surface area (Å²) in [6.45, 7) is 2.49. The Kier molecular flexibility index (Phi) is 5.89. The van der Waals surface area contributed by atoms with Crippen molar-refractivity contribution < 1.29 is 18.4 Å². The third kappa shape index (κ3) is 4.32. The lowest BCUT2D eigenvalue weighted by molar-refractivity contribution is 0.369. The summed E-state index contributed by atoms with van der Waals surface area (Å²) in [6, 6.07) is 9.75. The molecular weight excluding hydrogens is 456 g/mol. The molecule has 0 bridgehead atoms. The molecule has 35 heavy (non-hydrogen) atoms. The lowest BCUT2D eigenvalue weighted by atomic mass is 9.95. The molecule has 11 heteroatoms. The molecule has 9 nitrogen and oxygen atoms in total. The van der Waals surface area contributed by atoms with E-state index in [1.165, 1.54) is 12.3 Å². The summed E-state index contributed by atoms with van der Waals surface area (Å²) in [7, 11) is 0. The molecule has 5 rings (SSSR count). The monoisotopic (exact) mass is 479 g/mol.